The van der Waals surface area contributed by atoms with Crippen molar-refractivity contribution in [2.45, 2.75) is 32.8 Å². The third-order valence-electron chi connectivity index (χ3n) is 2.05. The van der Waals surface area contributed by atoms with Crippen molar-refractivity contribution < 1.29 is 4.74 Å². The molecule has 0 aliphatic rings. The van der Waals surface area contributed by atoms with Crippen molar-refractivity contribution in [2.24, 2.45) is 0 Å². The summed E-state index contributed by atoms with van der Waals surface area (Å²) in [4.78, 5) is 0. The highest BCUT2D eigenvalue weighted by atomic mass is 127. The highest BCUT2D eigenvalue weighted by molar-refractivity contribution is 14.1. The van der Waals surface area contributed by atoms with Crippen LogP contribution >= 0.6 is 22.6 Å². The zero-order valence-electron chi connectivity index (χ0n) is 8.63. The van der Waals surface area contributed by atoms with Gasteiger partial charge in [0.1, 0.15) is 0 Å². The topological polar surface area (TPSA) is 9.23 Å². The molecule has 0 bridgehead atoms. The molecule has 14 heavy (non-hydrogen) atoms. The fourth-order valence-electron chi connectivity index (χ4n) is 1.27. The van der Waals surface area contributed by atoms with Crippen LogP contribution in [-0.2, 0) is 11.3 Å². The van der Waals surface area contributed by atoms with Crippen molar-refractivity contribution in [3.05, 3.63) is 33.4 Å². The summed E-state index contributed by atoms with van der Waals surface area (Å²) in [6.07, 6.45) is 3.71. The van der Waals surface area contributed by atoms with Gasteiger partial charge in [-0.15, -0.1) is 0 Å². The maximum absolute atomic E-state index is 5.57. The Labute approximate surface area is 100.0 Å². The van der Waals surface area contributed by atoms with Gasteiger partial charge in [0.15, 0.2) is 0 Å². The van der Waals surface area contributed by atoms with E-state index in [9.17, 15) is 0 Å². The smallest absolute Gasteiger partial charge is 0.0717 e. The molecule has 0 aromatic heterocycles. The Morgan fingerprint density at radius 3 is 2.86 bits per heavy atom. The Kier molecular flexibility index (Phi) is 6.19. The van der Waals surface area contributed by atoms with Crippen molar-refractivity contribution in [2.75, 3.05) is 6.61 Å². The molecule has 0 heterocycles. The van der Waals surface area contributed by atoms with Gasteiger partial charge in [0.05, 0.1) is 6.61 Å². The molecule has 1 aromatic rings. The number of rotatable bonds is 6. The van der Waals surface area contributed by atoms with Gasteiger partial charge >= 0.3 is 0 Å². The Hall–Kier alpha value is -0.0900. The van der Waals surface area contributed by atoms with Gasteiger partial charge in [0.2, 0.25) is 0 Å². The van der Waals surface area contributed by atoms with Gasteiger partial charge in [-0.25, -0.2) is 0 Å². The number of ether oxygens (including phenoxy) is 1. The van der Waals surface area contributed by atoms with Crippen molar-refractivity contribution in [3.63, 3.8) is 0 Å². The van der Waals surface area contributed by atoms with E-state index >= 15 is 0 Å². The molecule has 0 radical (unpaired) electrons. The second-order valence-electron chi connectivity index (χ2n) is 3.39. The van der Waals surface area contributed by atoms with Gasteiger partial charge in [-0.2, -0.15) is 0 Å². The van der Waals surface area contributed by atoms with Crippen LogP contribution in [0.15, 0.2) is 24.3 Å². The second-order valence-corrected chi connectivity index (χ2v) is 4.64. The molecule has 0 aliphatic carbocycles. The molecule has 0 spiro atoms. The predicted octanol–water partition coefficient (Wildman–Crippen LogP) is 4.00. The number of hydrogen-bond donors (Lipinski definition) is 0. The minimum atomic E-state index is 0.751. The van der Waals surface area contributed by atoms with Gasteiger partial charge in [0, 0.05) is 10.2 Å². The lowest BCUT2D eigenvalue weighted by molar-refractivity contribution is 0.117. The first-order valence-electron chi connectivity index (χ1n) is 5.15. The fourth-order valence-corrected chi connectivity index (χ4v) is 1.88. The molecule has 0 fully saturated rings. The number of unbranched alkanes of at least 4 members (excludes halogenated alkanes) is 2. The molecule has 0 atom stereocenters. The van der Waals surface area contributed by atoms with Gasteiger partial charge in [-0.05, 0) is 46.7 Å². The maximum atomic E-state index is 5.57. The summed E-state index contributed by atoms with van der Waals surface area (Å²) in [7, 11) is 0. The van der Waals surface area contributed by atoms with Gasteiger partial charge < -0.3 is 4.74 Å². The summed E-state index contributed by atoms with van der Waals surface area (Å²) in [5, 5.41) is 0. The second kappa shape index (κ2) is 7.23. The first kappa shape index (κ1) is 12.0. The zero-order valence-corrected chi connectivity index (χ0v) is 10.8. The molecule has 1 aromatic carbocycles. The zero-order chi connectivity index (χ0) is 10.2. The van der Waals surface area contributed by atoms with Crippen LogP contribution in [0.5, 0.6) is 0 Å². The Balaban J connectivity index is 2.18. The van der Waals surface area contributed by atoms with Crippen molar-refractivity contribution in [1.82, 2.24) is 0 Å². The maximum Gasteiger partial charge on any atom is 0.0717 e. The summed E-state index contributed by atoms with van der Waals surface area (Å²) in [5.41, 5.74) is 1.27. The Morgan fingerprint density at radius 2 is 2.14 bits per heavy atom. The van der Waals surface area contributed by atoms with Gasteiger partial charge in [-0.1, -0.05) is 31.9 Å². The van der Waals surface area contributed by atoms with E-state index in [1.165, 1.54) is 28.4 Å². The monoisotopic (exact) mass is 304 g/mol. The summed E-state index contributed by atoms with van der Waals surface area (Å²) in [5.74, 6) is 0. The van der Waals surface area contributed by atoms with E-state index in [1.807, 2.05) is 0 Å². The van der Waals surface area contributed by atoms with E-state index in [0.29, 0.717) is 0 Å². The molecule has 0 aliphatic heterocycles. The molecule has 2 heteroatoms. The molecule has 0 unspecified atom stereocenters. The molecule has 0 saturated carbocycles. The standard InChI is InChI=1S/C12H17IO/c1-2-3-4-8-14-10-11-6-5-7-12(13)9-11/h5-7,9H,2-4,8,10H2,1H3. The minimum absolute atomic E-state index is 0.751. The SMILES string of the molecule is CCCCCOCc1cccc(I)c1. The van der Waals surface area contributed by atoms with E-state index in [-0.39, 0.29) is 0 Å². The van der Waals surface area contributed by atoms with E-state index in [1.54, 1.807) is 0 Å². The molecular weight excluding hydrogens is 287 g/mol. The third-order valence-corrected chi connectivity index (χ3v) is 2.72. The quantitative estimate of drug-likeness (QED) is 0.570. The molecule has 0 amide bonds. The minimum Gasteiger partial charge on any atom is -0.377 e. The van der Waals surface area contributed by atoms with Crippen molar-refractivity contribution in [1.29, 1.82) is 0 Å². The summed E-state index contributed by atoms with van der Waals surface area (Å²) in [6, 6.07) is 8.45. The number of hydrogen-bond acceptors (Lipinski definition) is 1. The van der Waals surface area contributed by atoms with Crippen molar-refractivity contribution >= 4 is 22.6 Å². The normalized spacial score (nSPS) is 10.4. The first-order valence-corrected chi connectivity index (χ1v) is 6.23. The van der Waals surface area contributed by atoms with E-state index in [0.717, 1.165) is 13.2 Å². The molecular formula is C12H17IO. The Morgan fingerprint density at radius 1 is 1.29 bits per heavy atom. The summed E-state index contributed by atoms with van der Waals surface area (Å²) in [6.45, 7) is 3.85. The van der Waals surface area contributed by atoms with Crippen LogP contribution in [0.1, 0.15) is 31.7 Å². The van der Waals surface area contributed by atoms with Gasteiger partial charge in [-0.3, -0.25) is 0 Å². The van der Waals surface area contributed by atoms with Crippen LogP contribution in [0.3, 0.4) is 0 Å². The highest BCUT2D eigenvalue weighted by Gasteiger charge is 1.93. The number of benzene rings is 1. The summed E-state index contributed by atoms with van der Waals surface area (Å²) >= 11 is 2.32. The van der Waals surface area contributed by atoms with Crippen LogP contribution in [0, 0.1) is 3.57 Å². The first-order chi connectivity index (χ1) is 6.83. The average Bonchev–Trinajstić information content (AvgIpc) is 2.18. The predicted molar refractivity (Wildman–Crippen MR) is 68.3 cm³/mol. The highest BCUT2D eigenvalue weighted by Crippen LogP contribution is 2.09. The van der Waals surface area contributed by atoms with Gasteiger partial charge in [0.25, 0.3) is 0 Å². The van der Waals surface area contributed by atoms with Crippen LogP contribution < -0.4 is 0 Å². The molecule has 0 saturated heterocycles. The lowest BCUT2D eigenvalue weighted by Gasteiger charge is -2.04. The Bertz CT molecular complexity index is 260. The van der Waals surface area contributed by atoms with E-state index in [4.69, 9.17) is 4.74 Å². The van der Waals surface area contributed by atoms with Crippen molar-refractivity contribution in [3.8, 4) is 0 Å². The lowest BCUT2D eigenvalue weighted by atomic mass is 10.2. The molecule has 1 rings (SSSR count). The van der Waals surface area contributed by atoms with Crippen LogP contribution in [0.25, 0.3) is 0 Å². The van der Waals surface area contributed by atoms with E-state index < -0.39 is 0 Å². The average molecular weight is 304 g/mol. The number of halogens is 1. The molecule has 78 valence electrons. The lowest BCUT2D eigenvalue weighted by Crippen LogP contribution is -1.95. The third kappa shape index (κ3) is 4.96. The van der Waals surface area contributed by atoms with Crippen LogP contribution in [0.4, 0.5) is 0 Å². The van der Waals surface area contributed by atoms with E-state index in [2.05, 4.69) is 53.8 Å². The molecule has 1 nitrogen and oxygen atoms in total. The largest absolute Gasteiger partial charge is 0.377 e. The molecule has 0 N–H and O–H groups in total. The van der Waals surface area contributed by atoms with Crippen LogP contribution in [0.2, 0.25) is 0 Å². The summed E-state index contributed by atoms with van der Waals surface area (Å²) < 4.78 is 6.85. The fraction of sp³-hybridized carbons (Fsp3) is 0.500. The van der Waals surface area contributed by atoms with Crippen LogP contribution in [-0.4, -0.2) is 6.61 Å².